The molecule has 0 fully saturated rings. The second kappa shape index (κ2) is 7.21. The van der Waals surface area contributed by atoms with Crippen LogP contribution in [0.5, 0.6) is 23.0 Å². The first kappa shape index (κ1) is 20.5. The van der Waals surface area contributed by atoms with Gasteiger partial charge >= 0.3 is 5.97 Å². The molecule has 1 aromatic heterocycles. The largest absolute Gasteiger partial charge is 0.508 e. The average molecular weight is 495 g/mol. The fourth-order valence-electron chi connectivity index (χ4n) is 4.29. The SMILES string of the molecule is O=C1OC2(c3ccc(O)cc3Oc3cc(O)ccc32)c2ccc(Nc3nc(Cl)nc(Cl)n3)cc21. The van der Waals surface area contributed by atoms with Gasteiger partial charge in [-0.1, -0.05) is 6.07 Å². The molecule has 0 unspecified atom stereocenters. The molecule has 0 saturated carbocycles. The van der Waals surface area contributed by atoms with Crippen LogP contribution in [0.1, 0.15) is 27.0 Å². The first-order valence-electron chi connectivity index (χ1n) is 9.90. The van der Waals surface area contributed by atoms with E-state index >= 15 is 0 Å². The predicted octanol–water partition coefficient (Wildman–Crippen LogP) is 4.90. The van der Waals surface area contributed by atoms with Gasteiger partial charge in [0.2, 0.25) is 16.5 Å². The highest BCUT2D eigenvalue weighted by Gasteiger charge is 2.53. The van der Waals surface area contributed by atoms with Crippen molar-refractivity contribution in [1.29, 1.82) is 0 Å². The molecule has 0 amide bonds. The number of hydrogen-bond acceptors (Lipinski definition) is 9. The maximum atomic E-state index is 13.1. The third-order valence-corrected chi connectivity index (χ3v) is 5.95. The molecule has 6 rings (SSSR count). The lowest BCUT2D eigenvalue weighted by molar-refractivity contribution is 0.0224. The summed E-state index contributed by atoms with van der Waals surface area (Å²) in [4.78, 5) is 24.8. The number of ether oxygens (including phenoxy) is 2. The highest BCUT2D eigenvalue weighted by molar-refractivity contribution is 6.31. The van der Waals surface area contributed by atoms with E-state index in [9.17, 15) is 15.0 Å². The predicted molar refractivity (Wildman–Crippen MR) is 121 cm³/mol. The second-order valence-electron chi connectivity index (χ2n) is 7.62. The van der Waals surface area contributed by atoms with Crippen LogP contribution in [0.15, 0.2) is 54.6 Å². The Hall–Kier alpha value is -4.08. The Labute approximate surface area is 201 Å². The van der Waals surface area contributed by atoms with E-state index in [1.54, 1.807) is 30.3 Å². The fraction of sp³-hybridized carbons (Fsp3) is 0.0435. The molecule has 0 radical (unpaired) electrons. The summed E-state index contributed by atoms with van der Waals surface area (Å²) in [5.74, 6) is 0.113. The lowest BCUT2D eigenvalue weighted by Gasteiger charge is -2.36. The number of carbonyl (C=O) groups is 1. The van der Waals surface area contributed by atoms with Crippen molar-refractivity contribution in [2.24, 2.45) is 0 Å². The molecule has 2 aliphatic heterocycles. The number of rotatable bonds is 2. The van der Waals surface area contributed by atoms with Gasteiger partial charge < -0.3 is 25.0 Å². The van der Waals surface area contributed by atoms with Crippen LogP contribution < -0.4 is 10.1 Å². The van der Waals surface area contributed by atoms with Crippen LogP contribution in [0.2, 0.25) is 10.6 Å². The van der Waals surface area contributed by atoms with Crippen molar-refractivity contribution < 1.29 is 24.5 Å². The third-order valence-electron chi connectivity index (χ3n) is 5.61. The summed E-state index contributed by atoms with van der Waals surface area (Å²) < 4.78 is 12.0. The Morgan fingerprint density at radius 3 is 2.00 bits per heavy atom. The number of nitrogens with zero attached hydrogens (tertiary/aromatic N) is 3. The maximum absolute atomic E-state index is 13.1. The van der Waals surface area contributed by atoms with E-state index in [2.05, 4.69) is 20.3 Å². The van der Waals surface area contributed by atoms with Gasteiger partial charge in [0.05, 0.1) is 5.56 Å². The van der Waals surface area contributed by atoms with E-state index in [0.29, 0.717) is 39.4 Å². The number of aromatic hydroxyl groups is 2. The van der Waals surface area contributed by atoms with Crippen LogP contribution in [-0.2, 0) is 10.3 Å². The lowest BCUT2D eigenvalue weighted by Crippen LogP contribution is -2.32. The summed E-state index contributed by atoms with van der Waals surface area (Å²) in [6.45, 7) is 0. The summed E-state index contributed by atoms with van der Waals surface area (Å²) in [5.41, 5.74) is 1.09. The Morgan fingerprint density at radius 2 is 1.38 bits per heavy atom. The van der Waals surface area contributed by atoms with E-state index in [0.717, 1.165) is 0 Å². The van der Waals surface area contributed by atoms with Gasteiger partial charge in [0, 0.05) is 34.5 Å². The number of phenolic OH excluding ortho intramolecular Hbond substituents is 2. The molecule has 3 aromatic carbocycles. The molecule has 0 aliphatic carbocycles. The number of fused-ring (bicyclic) bond motifs is 6. The molecule has 3 N–H and O–H groups in total. The maximum Gasteiger partial charge on any atom is 0.340 e. The quantitative estimate of drug-likeness (QED) is 0.333. The Kier molecular flexibility index (Phi) is 4.35. The topological polar surface area (TPSA) is 127 Å². The van der Waals surface area contributed by atoms with Gasteiger partial charge in [0.15, 0.2) is 5.60 Å². The Morgan fingerprint density at radius 1 is 0.794 bits per heavy atom. The van der Waals surface area contributed by atoms with Gasteiger partial charge in [0.25, 0.3) is 0 Å². The van der Waals surface area contributed by atoms with Crippen molar-refractivity contribution in [2.45, 2.75) is 5.60 Å². The van der Waals surface area contributed by atoms with Crippen LogP contribution in [0.25, 0.3) is 0 Å². The zero-order chi connectivity index (χ0) is 23.6. The minimum absolute atomic E-state index is 0.0173. The molecule has 1 spiro atoms. The first-order chi connectivity index (χ1) is 16.3. The number of esters is 1. The van der Waals surface area contributed by atoms with Crippen LogP contribution >= 0.6 is 23.2 Å². The van der Waals surface area contributed by atoms with Crippen molar-refractivity contribution >= 4 is 40.8 Å². The van der Waals surface area contributed by atoms with Gasteiger partial charge in [0.1, 0.15) is 23.0 Å². The molecule has 168 valence electrons. The van der Waals surface area contributed by atoms with E-state index in [1.165, 1.54) is 24.3 Å². The third kappa shape index (κ3) is 3.01. The number of nitrogens with one attached hydrogen (secondary N) is 1. The zero-order valence-electron chi connectivity index (χ0n) is 16.9. The normalized spacial score (nSPS) is 14.6. The van der Waals surface area contributed by atoms with E-state index < -0.39 is 11.6 Å². The molecule has 0 atom stereocenters. The Bertz CT molecular complexity index is 1460. The molecule has 2 aliphatic rings. The number of phenols is 2. The molecule has 0 saturated heterocycles. The molecular formula is C23H12Cl2N4O5. The lowest BCUT2D eigenvalue weighted by atomic mass is 9.77. The second-order valence-corrected chi connectivity index (χ2v) is 8.29. The number of aromatic nitrogens is 3. The summed E-state index contributed by atoms with van der Waals surface area (Å²) >= 11 is 11.7. The van der Waals surface area contributed by atoms with Crippen molar-refractivity contribution in [3.63, 3.8) is 0 Å². The van der Waals surface area contributed by atoms with Crippen molar-refractivity contribution in [3.8, 4) is 23.0 Å². The molecule has 0 bridgehead atoms. The summed E-state index contributed by atoms with van der Waals surface area (Å²) in [6, 6.07) is 14.2. The van der Waals surface area contributed by atoms with Crippen molar-refractivity contribution in [2.75, 3.05) is 5.32 Å². The minimum Gasteiger partial charge on any atom is -0.508 e. The summed E-state index contributed by atoms with van der Waals surface area (Å²) in [5, 5.41) is 22.8. The highest BCUT2D eigenvalue weighted by atomic mass is 35.5. The van der Waals surface area contributed by atoms with Gasteiger partial charge in [-0.15, -0.1) is 0 Å². The van der Waals surface area contributed by atoms with Crippen LogP contribution in [0.3, 0.4) is 0 Å². The minimum atomic E-state index is -1.34. The molecule has 34 heavy (non-hydrogen) atoms. The van der Waals surface area contributed by atoms with E-state index in [1.807, 2.05) is 0 Å². The number of hydrogen-bond donors (Lipinski definition) is 3. The van der Waals surface area contributed by atoms with E-state index in [4.69, 9.17) is 32.7 Å². The zero-order valence-corrected chi connectivity index (χ0v) is 18.4. The van der Waals surface area contributed by atoms with Crippen molar-refractivity contribution in [1.82, 2.24) is 15.0 Å². The number of halogens is 2. The standard InChI is InChI=1S/C23H12Cl2N4O5/c24-20-27-21(25)29-22(28-20)26-10-1-4-14-13(7-10)19(32)34-23(14)15-5-2-11(30)8-17(15)33-18-9-12(31)3-6-16(18)23/h1-9,30-31H,(H,26,27,28,29). The highest BCUT2D eigenvalue weighted by Crippen LogP contribution is 2.57. The van der Waals surface area contributed by atoms with Crippen LogP contribution in [-0.4, -0.2) is 31.1 Å². The first-order valence-corrected chi connectivity index (χ1v) is 10.7. The number of carbonyl (C=O) groups excluding carboxylic acids is 1. The summed E-state index contributed by atoms with van der Waals surface area (Å²) in [6.07, 6.45) is 0. The fourth-order valence-corrected chi connectivity index (χ4v) is 4.66. The van der Waals surface area contributed by atoms with Crippen LogP contribution in [0, 0.1) is 0 Å². The number of benzene rings is 3. The van der Waals surface area contributed by atoms with Gasteiger partial charge in [-0.2, -0.15) is 15.0 Å². The van der Waals surface area contributed by atoms with E-state index in [-0.39, 0.29) is 28.0 Å². The van der Waals surface area contributed by atoms with Crippen LogP contribution in [0.4, 0.5) is 11.6 Å². The molecule has 9 nitrogen and oxygen atoms in total. The molecule has 3 heterocycles. The van der Waals surface area contributed by atoms with Crippen molar-refractivity contribution in [3.05, 3.63) is 87.4 Å². The number of anilines is 2. The summed E-state index contributed by atoms with van der Waals surface area (Å²) in [7, 11) is 0. The smallest absolute Gasteiger partial charge is 0.340 e. The van der Waals surface area contributed by atoms with Gasteiger partial charge in [-0.05, 0) is 59.6 Å². The Balaban J connectivity index is 1.53. The monoisotopic (exact) mass is 494 g/mol. The molecular weight excluding hydrogens is 483 g/mol. The molecule has 11 heteroatoms. The average Bonchev–Trinajstić information content (AvgIpc) is 3.05. The van der Waals surface area contributed by atoms with Gasteiger partial charge in [-0.25, -0.2) is 4.79 Å². The van der Waals surface area contributed by atoms with Gasteiger partial charge in [-0.3, -0.25) is 0 Å². The molecule has 4 aromatic rings.